The third-order valence-corrected chi connectivity index (χ3v) is 6.42. The molecule has 2 atom stereocenters. The third kappa shape index (κ3) is 6.16. The van der Waals surface area contributed by atoms with Crippen molar-refractivity contribution in [3.63, 3.8) is 0 Å². The molecule has 0 radical (unpaired) electrons. The van der Waals surface area contributed by atoms with Gasteiger partial charge in [-0.25, -0.2) is 4.98 Å². The number of halogens is 1. The Morgan fingerprint density at radius 1 is 1.03 bits per heavy atom. The number of hydrogen-bond donors (Lipinski definition) is 1. The standard InChI is InChI=1S/C30H28ClNO3/c1-20(30(34)35-2)27-9-4-3-7-22(27)13-17-29(33)24-8-5-6-21(18-24)10-15-26-16-12-23-11-14-25(31)19-28(23)32-26/h3-12,14-16,18-20,29,33H,13,17H2,1-2H3. The predicted octanol–water partition coefficient (Wildman–Crippen LogP) is 7.00. The van der Waals surface area contributed by atoms with Crippen LogP contribution in [0.3, 0.4) is 0 Å². The smallest absolute Gasteiger partial charge is 0.312 e. The lowest BCUT2D eigenvalue weighted by molar-refractivity contribution is -0.142. The lowest BCUT2D eigenvalue weighted by atomic mass is 9.91. The molecule has 3 aromatic carbocycles. The zero-order valence-electron chi connectivity index (χ0n) is 19.8. The fraction of sp³-hybridized carbons (Fsp3) is 0.200. The second kappa shape index (κ2) is 11.3. The highest BCUT2D eigenvalue weighted by atomic mass is 35.5. The Labute approximate surface area is 210 Å². The summed E-state index contributed by atoms with van der Waals surface area (Å²) in [4.78, 5) is 16.7. The largest absolute Gasteiger partial charge is 0.469 e. The molecule has 4 nitrogen and oxygen atoms in total. The van der Waals surface area contributed by atoms with E-state index in [-0.39, 0.29) is 11.9 Å². The van der Waals surface area contributed by atoms with Crippen molar-refractivity contribution in [2.24, 2.45) is 0 Å². The van der Waals surface area contributed by atoms with Gasteiger partial charge in [0.2, 0.25) is 0 Å². The maximum Gasteiger partial charge on any atom is 0.312 e. The van der Waals surface area contributed by atoms with Crippen LogP contribution in [0.25, 0.3) is 23.1 Å². The zero-order valence-corrected chi connectivity index (χ0v) is 20.6. The van der Waals surface area contributed by atoms with Gasteiger partial charge in [0.15, 0.2) is 0 Å². The van der Waals surface area contributed by atoms with E-state index in [1.54, 1.807) is 0 Å². The van der Waals surface area contributed by atoms with E-state index in [4.69, 9.17) is 16.3 Å². The number of aliphatic hydroxyl groups is 1. The van der Waals surface area contributed by atoms with Crippen LogP contribution in [-0.4, -0.2) is 23.2 Å². The maximum atomic E-state index is 12.0. The molecule has 2 unspecified atom stereocenters. The van der Waals surface area contributed by atoms with Crippen LogP contribution < -0.4 is 0 Å². The van der Waals surface area contributed by atoms with Crippen LogP contribution in [0, 0.1) is 0 Å². The van der Waals surface area contributed by atoms with E-state index in [0.717, 1.165) is 38.9 Å². The second-order valence-electron chi connectivity index (χ2n) is 8.57. The van der Waals surface area contributed by atoms with E-state index in [1.165, 1.54) is 7.11 Å². The van der Waals surface area contributed by atoms with Crippen molar-refractivity contribution in [2.45, 2.75) is 31.8 Å². The van der Waals surface area contributed by atoms with Crippen molar-refractivity contribution in [3.8, 4) is 0 Å². The Kier molecular flexibility index (Phi) is 7.96. The van der Waals surface area contributed by atoms with Crippen LogP contribution in [0.15, 0.2) is 78.9 Å². The quantitative estimate of drug-likeness (QED) is 0.273. The molecule has 1 N–H and O–H groups in total. The number of nitrogens with zero attached hydrogens (tertiary/aromatic N) is 1. The molecule has 5 heteroatoms. The minimum absolute atomic E-state index is 0.263. The first-order valence-corrected chi connectivity index (χ1v) is 12.0. The van der Waals surface area contributed by atoms with E-state index in [9.17, 15) is 9.90 Å². The molecule has 178 valence electrons. The van der Waals surface area contributed by atoms with Crippen molar-refractivity contribution in [3.05, 3.63) is 112 Å². The lowest BCUT2D eigenvalue weighted by Gasteiger charge is -2.16. The van der Waals surface area contributed by atoms with Crippen molar-refractivity contribution in [1.29, 1.82) is 0 Å². The predicted molar refractivity (Wildman–Crippen MR) is 142 cm³/mol. The summed E-state index contributed by atoms with van der Waals surface area (Å²) >= 11 is 6.10. The van der Waals surface area contributed by atoms with Gasteiger partial charge in [-0.15, -0.1) is 0 Å². The molecule has 0 aliphatic rings. The third-order valence-electron chi connectivity index (χ3n) is 6.18. The van der Waals surface area contributed by atoms with Gasteiger partial charge >= 0.3 is 5.97 Å². The molecule has 35 heavy (non-hydrogen) atoms. The number of ether oxygens (including phenoxy) is 1. The Morgan fingerprint density at radius 3 is 2.66 bits per heavy atom. The number of aryl methyl sites for hydroxylation is 1. The molecule has 0 aliphatic carbocycles. The molecule has 4 rings (SSSR count). The highest BCUT2D eigenvalue weighted by molar-refractivity contribution is 6.31. The number of rotatable bonds is 8. The molecule has 0 fully saturated rings. The summed E-state index contributed by atoms with van der Waals surface area (Å²) in [6.45, 7) is 1.84. The molecule has 1 heterocycles. The van der Waals surface area contributed by atoms with Crippen molar-refractivity contribution >= 4 is 40.6 Å². The van der Waals surface area contributed by atoms with Crippen LogP contribution in [0.4, 0.5) is 0 Å². The van der Waals surface area contributed by atoms with Gasteiger partial charge in [-0.1, -0.05) is 72.3 Å². The second-order valence-corrected chi connectivity index (χ2v) is 9.01. The monoisotopic (exact) mass is 485 g/mol. The van der Waals surface area contributed by atoms with Crippen LogP contribution in [-0.2, 0) is 16.0 Å². The van der Waals surface area contributed by atoms with Crippen molar-refractivity contribution in [1.82, 2.24) is 4.98 Å². The highest BCUT2D eigenvalue weighted by Gasteiger charge is 2.19. The molecule has 0 saturated heterocycles. The number of carbonyl (C=O) groups excluding carboxylic acids is 1. The highest BCUT2D eigenvalue weighted by Crippen LogP contribution is 2.26. The number of fused-ring (bicyclic) bond motifs is 1. The van der Waals surface area contributed by atoms with Crippen LogP contribution in [0.5, 0.6) is 0 Å². The molecule has 0 spiro atoms. The summed E-state index contributed by atoms with van der Waals surface area (Å²) in [6.07, 6.45) is 4.53. The van der Waals surface area contributed by atoms with Gasteiger partial charge in [0.1, 0.15) is 0 Å². The van der Waals surface area contributed by atoms with Gasteiger partial charge < -0.3 is 9.84 Å². The SMILES string of the molecule is COC(=O)C(C)c1ccccc1CCC(O)c1cccc(C=Cc2ccc3ccc(Cl)cc3n2)c1. The molecule has 0 saturated carbocycles. The van der Waals surface area contributed by atoms with Crippen molar-refractivity contribution < 1.29 is 14.6 Å². The number of aliphatic hydroxyl groups excluding tert-OH is 1. The van der Waals surface area contributed by atoms with Gasteiger partial charge in [-0.3, -0.25) is 4.79 Å². The van der Waals surface area contributed by atoms with E-state index >= 15 is 0 Å². The summed E-state index contributed by atoms with van der Waals surface area (Å²) < 4.78 is 4.91. The van der Waals surface area contributed by atoms with Gasteiger partial charge in [0.25, 0.3) is 0 Å². The van der Waals surface area contributed by atoms with Crippen LogP contribution in [0.1, 0.15) is 53.3 Å². The summed E-state index contributed by atoms with van der Waals surface area (Å²) in [7, 11) is 1.40. The normalized spacial score (nSPS) is 13.1. The average molecular weight is 486 g/mol. The molecule has 0 aliphatic heterocycles. The number of benzene rings is 3. The number of pyridine rings is 1. The fourth-order valence-electron chi connectivity index (χ4n) is 4.20. The molecule has 0 bridgehead atoms. The summed E-state index contributed by atoms with van der Waals surface area (Å²) in [6, 6.07) is 25.4. The van der Waals surface area contributed by atoms with Gasteiger partial charge in [-0.05, 0) is 72.4 Å². The number of esters is 1. The first kappa shape index (κ1) is 24.6. The lowest BCUT2D eigenvalue weighted by Crippen LogP contribution is -2.13. The number of carbonyl (C=O) groups is 1. The van der Waals surface area contributed by atoms with E-state index < -0.39 is 6.10 Å². The van der Waals surface area contributed by atoms with Crippen molar-refractivity contribution in [2.75, 3.05) is 7.11 Å². The van der Waals surface area contributed by atoms with Gasteiger partial charge in [-0.2, -0.15) is 0 Å². The van der Waals surface area contributed by atoms with Crippen LogP contribution in [0.2, 0.25) is 5.02 Å². The van der Waals surface area contributed by atoms with Gasteiger partial charge in [0, 0.05) is 10.4 Å². The summed E-state index contributed by atoms with van der Waals surface area (Å²) in [5.41, 5.74) is 5.50. The minimum atomic E-state index is -0.620. The Bertz CT molecular complexity index is 1360. The van der Waals surface area contributed by atoms with E-state index in [0.29, 0.717) is 17.9 Å². The first-order valence-electron chi connectivity index (χ1n) is 11.6. The minimum Gasteiger partial charge on any atom is -0.469 e. The van der Waals surface area contributed by atoms with Gasteiger partial charge in [0.05, 0.1) is 30.3 Å². The van der Waals surface area contributed by atoms with Crippen LogP contribution >= 0.6 is 11.6 Å². The number of hydrogen-bond acceptors (Lipinski definition) is 4. The Balaban J connectivity index is 1.45. The van der Waals surface area contributed by atoms with E-state index in [1.807, 2.05) is 97.9 Å². The molecule has 4 aromatic rings. The summed E-state index contributed by atoms with van der Waals surface area (Å²) in [5.74, 6) is -0.608. The number of aromatic nitrogens is 1. The number of methoxy groups -OCH3 is 1. The zero-order chi connectivity index (χ0) is 24.8. The maximum absolute atomic E-state index is 12.0. The summed E-state index contributed by atoms with van der Waals surface area (Å²) in [5, 5.41) is 12.6. The molecular weight excluding hydrogens is 458 g/mol. The first-order chi connectivity index (χ1) is 16.9. The Morgan fingerprint density at radius 2 is 1.83 bits per heavy atom. The topological polar surface area (TPSA) is 59.4 Å². The molecule has 0 amide bonds. The Hall–Kier alpha value is -3.47. The average Bonchev–Trinajstić information content (AvgIpc) is 2.89. The molecule has 1 aromatic heterocycles. The fourth-order valence-corrected chi connectivity index (χ4v) is 4.36. The van der Waals surface area contributed by atoms with E-state index in [2.05, 4.69) is 4.98 Å². The molecular formula is C30H28ClNO3.